The lowest BCUT2D eigenvalue weighted by Crippen LogP contribution is -2.50. The molecule has 0 spiro atoms. The fourth-order valence-corrected chi connectivity index (χ4v) is 2.53. The van der Waals surface area contributed by atoms with Gasteiger partial charge >= 0.3 is 0 Å². The molecule has 106 valence electrons. The summed E-state index contributed by atoms with van der Waals surface area (Å²) in [6.07, 6.45) is 2.44. The molecule has 0 aliphatic heterocycles. The Kier molecular flexibility index (Phi) is 3.88. The van der Waals surface area contributed by atoms with Crippen LogP contribution in [0.4, 0.5) is 0 Å². The van der Waals surface area contributed by atoms with Crippen molar-refractivity contribution in [1.82, 2.24) is 5.32 Å². The molecule has 3 nitrogen and oxygen atoms in total. The average molecular weight is 263 g/mol. The lowest BCUT2D eigenvalue weighted by atomic mass is 9.80. The number of benzene rings is 1. The second-order valence-electron chi connectivity index (χ2n) is 6.64. The molecule has 1 atom stereocenters. The van der Waals surface area contributed by atoms with Crippen LogP contribution in [-0.2, 0) is 12.8 Å². The molecule has 1 aliphatic carbocycles. The molecule has 0 fully saturated rings. The Morgan fingerprint density at radius 1 is 1.32 bits per heavy atom. The van der Waals surface area contributed by atoms with Crippen LogP contribution < -0.4 is 10.1 Å². The minimum absolute atomic E-state index is 0.0321. The van der Waals surface area contributed by atoms with E-state index in [4.69, 9.17) is 4.74 Å². The van der Waals surface area contributed by atoms with Crippen molar-refractivity contribution in [3.05, 3.63) is 29.3 Å². The van der Waals surface area contributed by atoms with E-state index in [1.54, 1.807) is 7.11 Å². The first kappa shape index (κ1) is 14.4. The zero-order chi connectivity index (χ0) is 14.1. The van der Waals surface area contributed by atoms with Crippen LogP contribution in [0.15, 0.2) is 18.2 Å². The summed E-state index contributed by atoms with van der Waals surface area (Å²) in [5, 5.41) is 14.2. The fourth-order valence-electron chi connectivity index (χ4n) is 2.53. The first-order valence-electron chi connectivity index (χ1n) is 6.95. The van der Waals surface area contributed by atoms with Crippen molar-refractivity contribution in [2.75, 3.05) is 13.7 Å². The van der Waals surface area contributed by atoms with Crippen LogP contribution in [0.2, 0.25) is 0 Å². The van der Waals surface area contributed by atoms with Crippen molar-refractivity contribution < 1.29 is 9.84 Å². The summed E-state index contributed by atoms with van der Waals surface area (Å²) in [6.45, 7) is 7.00. The third-order valence-electron chi connectivity index (χ3n) is 3.74. The maximum atomic E-state index is 10.7. The number of aliphatic hydroxyl groups is 1. The molecule has 0 bridgehead atoms. The molecule has 0 heterocycles. The summed E-state index contributed by atoms with van der Waals surface area (Å²) in [5.74, 6) is 0.867. The van der Waals surface area contributed by atoms with Gasteiger partial charge in [0.25, 0.3) is 0 Å². The standard InChI is InChI=1S/C16H25NO2/c1-15(2,3)17-11-16(18)8-7-12-5-6-14(19-4)9-13(12)10-16/h5-6,9,17-18H,7-8,10-11H2,1-4H3. The normalized spacial score (nSPS) is 23.0. The van der Waals surface area contributed by atoms with Gasteiger partial charge in [-0.1, -0.05) is 6.07 Å². The summed E-state index contributed by atoms with van der Waals surface area (Å²) in [4.78, 5) is 0. The number of aryl methyl sites for hydroxylation is 1. The molecule has 19 heavy (non-hydrogen) atoms. The van der Waals surface area contributed by atoms with Crippen molar-refractivity contribution in [2.24, 2.45) is 0 Å². The predicted octanol–water partition coefficient (Wildman–Crippen LogP) is 2.30. The highest BCUT2D eigenvalue weighted by Crippen LogP contribution is 2.31. The molecule has 1 aromatic carbocycles. The number of ether oxygens (including phenoxy) is 1. The van der Waals surface area contributed by atoms with E-state index in [1.807, 2.05) is 6.07 Å². The third kappa shape index (κ3) is 3.71. The van der Waals surface area contributed by atoms with Gasteiger partial charge < -0.3 is 15.2 Å². The highest BCUT2D eigenvalue weighted by Gasteiger charge is 2.33. The van der Waals surface area contributed by atoms with E-state index in [1.165, 1.54) is 11.1 Å². The molecular weight excluding hydrogens is 238 g/mol. The average Bonchev–Trinajstić information content (AvgIpc) is 2.35. The van der Waals surface area contributed by atoms with E-state index in [2.05, 4.69) is 38.2 Å². The number of hydrogen-bond donors (Lipinski definition) is 2. The minimum Gasteiger partial charge on any atom is -0.497 e. The molecule has 2 rings (SSSR count). The van der Waals surface area contributed by atoms with E-state index in [-0.39, 0.29) is 5.54 Å². The summed E-state index contributed by atoms with van der Waals surface area (Å²) < 4.78 is 5.27. The van der Waals surface area contributed by atoms with Crippen molar-refractivity contribution in [1.29, 1.82) is 0 Å². The highest BCUT2D eigenvalue weighted by atomic mass is 16.5. The lowest BCUT2D eigenvalue weighted by molar-refractivity contribution is 0.0212. The molecule has 1 unspecified atom stereocenters. The monoisotopic (exact) mass is 263 g/mol. The lowest BCUT2D eigenvalue weighted by Gasteiger charge is -2.36. The SMILES string of the molecule is COc1ccc2c(c1)CC(O)(CNC(C)(C)C)CC2. The third-order valence-corrected chi connectivity index (χ3v) is 3.74. The Morgan fingerprint density at radius 2 is 2.05 bits per heavy atom. The molecule has 3 heteroatoms. The van der Waals surface area contributed by atoms with Crippen molar-refractivity contribution in [3.8, 4) is 5.75 Å². The molecule has 0 radical (unpaired) electrons. The first-order valence-corrected chi connectivity index (χ1v) is 6.95. The van der Waals surface area contributed by atoms with Crippen molar-refractivity contribution in [3.63, 3.8) is 0 Å². The van der Waals surface area contributed by atoms with Crippen molar-refractivity contribution in [2.45, 2.75) is 51.2 Å². The molecule has 0 amide bonds. The van der Waals surface area contributed by atoms with Crippen LogP contribution >= 0.6 is 0 Å². The topological polar surface area (TPSA) is 41.5 Å². The van der Waals surface area contributed by atoms with Crippen LogP contribution in [0, 0.1) is 0 Å². The zero-order valence-corrected chi connectivity index (χ0v) is 12.4. The molecule has 1 aromatic rings. The van der Waals surface area contributed by atoms with Gasteiger partial charge in [-0.25, -0.2) is 0 Å². The summed E-state index contributed by atoms with van der Waals surface area (Å²) >= 11 is 0. The molecule has 2 N–H and O–H groups in total. The Hall–Kier alpha value is -1.06. The summed E-state index contributed by atoms with van der Waals surface area (Å²) in [5.41, 5.74) is 1.93. The van der Waals surface area contributed by atoms with Gasteiger partial charge in [-0.05, 0) is 56.9 Å². The number of β-amino-alcohol motifs (C(OH)–C–C–N with tert-alkyl or cyclic N) is 1. The van der Waals surface area contributed by atoms with Crippen LogP contribution in [-0.4, -0.2) is 29.9 Å². The van der Waals surface area contributed by atoms with Crippen LogP contribution in [0.1, 0.15) is 38.3 Å². The van der Waals surface area contributed by atoms with Gasteiger partial charge in [0, 0.05) is 18.5 Å². The van der Waals surface area contributed by atoms with E-state index < -0.39 is 5.60 Å². The summed E-state index contributed by atoms with van der Waals surface area (Å²) in [6, 6.07) is 6.16. The highest BCUT2D eigenvalue weighted by molar-refractivity contribution is 5.38. The largest absolute Gasteiger partial charge is 0.497 e. The smallest absolute Gasteiger partial charge is 0.119 e. The van der Waals surface area contributed by atoms with E-state index >= 15 is 0 Å². The molecule has 1 aliphatic rings. The van der Waals surface area contributed by atoms with Crippen LogP contribution in [0.5, 0.6) is 5.75 Å². The molecular formula is C16H25NO2. The minimum atomic E-state index is -0.646. The Balaban J connectivity index is 2.11. The second-order valence-corrected chi connectivity index (χ2v) is 6.64. The summed E-state index contributed by atoms with van der Waals surface area (Å²) in [7, 11) is 1.68. The second kappa shape index (κ2) is 5.14. The fraction of sp³-hybridized carbons (Fsp3) is 0.625. The van der Waals surface area contributed by atoms with Gasteiger partial charge in [0.1, 0.15) is 5.75 Å². The van der Waals surface area contributed by atoms with Gasteiger partial charge in [0.15, 0.2) is 0 Å². The van der Waals surface area contributed by atoms with Gasteiger partial charge in [-0.3, -0.25) is 0 Å². The van der Waals surface area contributed by atoms with E-state index in [0.717, 1.165) is 18.6 Å². The number of methoxy groups -OCH3 is 1. The number of nitrogens with one attached hydrogen (secondary N) is 1. The van der Waals surface area contributed by atoms with Gasteiger partial charge in [-0.2, -0.15) is 0 Å². The Morgan fingerprint density at radius 3 is 2.68 bits per heavy atom. The Bertz CT molecular complexity index is 451. The molecule has 0 aromatic heterocycles. The predicted molar refractivity (Wildman–Crippen MR) is 77.7 cm³/mol. The molecule has 0 saturated carbocycles. The van der Waals surface area contributed by atoms with Crippen molar-refractivity contribution >= 4 is 0 Å². The zero-order valence-electron chi connectivity index (χ0n) is 12.4. The van der Waals surface area contributed by atoms with Crippen LogP contribution in [0.3, 0.4) is 0 Å². The first-order chi connectivity index (χ1) is 8.81. The van der Waals surface area contributed by atoms with Gasteiger partial charge in [0.2, 0.25) is 0 Å². The van der Waals surface area contributed by atoms with Gasteiger partial charge in [0.05, 0.1) is 12.7 Å². The molecule has 0 saturated heterocycles. The number of rotatable bonds is 3. The van der Waals surface area contributed by atoms with E-state index in [0.29, 0.717) is 13.0 Å². The maximum absolute atomic E-state index is 10.7. The van der Waals surface area contributed by atoms with Crippen LogP contribution in [0.25, 0.3) is 0 Å². The maximum Gasteiger partial charge on any atom is 0.119 e. The van der Waals surface area contributed by atoms with E-state index in [9.17, 15) is 5.11 Å². The quantitative estimate of drug-likeness (QED) is 0.879. The van der Waals surface area contributed by atoms with Gasteiger partial charge in [-0.15, -0.1) is 0 Å². The number of fused-ring (bicyclic) bond motifs is 1. The Labute approximate surface area is 116 Å². The number of hydrogen-bond acceptors (Lipinski definition) is 3.